The van der Waals surface area contributed by atoms with E-state index in [4.69, 9.17) is 45.6 Å². The second-order valence-corrected chi connectivity index (χ2v) is 7.66. The number of methoxy groups -OCH3 is 3. The van der Waals surface area contributed by atoms with Gasteiger partial charge in [-0.05, 0) is 36.4 Å². The van der Waals surface area contributed by atoms with Gasteiger partial charge in [0.05, 0.1) is 38.4 Å². The van der Waals surface area contributed by atoms with E-state index >= 15 is 0 Å². The first-order valence-corrected chi connectivity index (χ1v) is 10.9. The first kappa shape index (κ1) is 24.2. The van der Waals surface area contributed by atoms with E-state index in [1.54, 1.807) is 72.8 Å². The Balaban J connectivity index is 1.69. The topological polar surface area (TPSA) is 133 Å². The van der Waals surface area contributed by atoms with Gasteiger partial charge in [0.2, 0.25) is 0 Å². The van der Waals surface area contributed by atoms with Crippen LogP contribution in [0.3, 0.4) is 0 Å². The van der Waals surface area contributed by atoms with Crippen LogP contribution in [-0.4, -0.2) is 21.3 Å². The van der Waals surface area contributed by atoms with Gasteiger partial charge in [0.15, 0.2) is 0 Å². The fourth-order valence-electron chi connectivity index (χ4n) is 3.40. The summed E-state index contributed by atoms with van der Waals surface area (Å²) in [6, 6.07) is 20.6. The summed E-state index contributed by atoms with van der Waals surface area (Å²) in [6.07, 6.45) is 0. The van der Waals surface area contributed by atoms with Crippen LogP contribution >= 0.6 is 0 Å². The van der Waals surface area contributed by atoms with Crippen molar-refractivity contribution in [3.05, 3.63) is 72.8 Å². The molecule has 36 heavy (non-hydrogen) atoms. The molecule has 0 aromatic heterocycles. The molecule has 186 valence electrons. The highest BCUT2D eigenvalue weighted by Crippen LogP contribution is 2.38. The highest BCUT2D eigenvalue weighted by atomic mass is 16.5. The maximum Gasteiger partial charge on any atom is 0.145 e. The highest BCUT2D eigenvalue weighted by molar-refractivity contribution is 5.59. The number of hydrogen-bond donors (Lipinski definition) is 3. The molecular formula is C27H27N3O6. The molecule has 0 unspecified atom stereocenters. The maximum atomic E-state index is 6.08. The van der Waals surface area contributed by atoms with Crippen LogP contribution in [0.2, 0.25) is 0 Å². The molecule has 0 atom stereocenters. The van der Waals surface area contributed by atoms with Gasteiger partial charge in [-0.25, -0.2) is 0 Å². The molecule has 4 aromatic carbocycles. The average molecular weight is 490 g/mol. The van der Waals surface area contributed by atoms with Crippen molar-refractivity contribution in [2.75, 3.05) is 38.5 Å². The third-order valence-corrected chi connectivity index (χ3v) is 5.18. The average Bonchev–Trinajstić information content (AvgIpc) is 2.87. The first-order chi connectivity index (χ1) is 17.4. The summed E-state index contributed by atoms with van der Waals surface area (Å²) in [5, 5.41) is 0. The van der Waals surface area contributed by atoms with Crippen molar-refractivity contribution in [3.63, 3.8) is 0 Å². The maximum absolute atomic E-state index is 6.08. The van der Waals surface area contributed by atoms with Crippen molar-refractivity contribution in [2.45, 2.75) is 0 Å². The Labute approximate surface area is 208 Å². The molecule has 9 nitrogen and oxygen atoms in total. The van der Waals surface area contributed by atoms with Crippen molar-refractivity contribution in [1.82, 2.24) is 0 Å². The molecule has 0 aliphatic carbocycles. The monoisotopic (exact) mass is 489 g/mol. The Bertz CT molecular complexity index is 1200. The molecule has 0 amide bonds. The Hall–Kier alpha value is -4.92. The number of nitrogens with two attached hydrogens (primary N) is 3. The summed E-state index contributed by atoms with van der Waals surface area (Å²) >= 11 is 0. The van der Waals surface area contributed by atoms with Crippen LogP contribution in [0.1, 0.15) is 0 Å². The SMILES string of the molecule is COc1cc(Oc2cc(Oc3ccc(N)c(OC)c3)cc(Oc3ccc(N)c(OC)c3)c2)ccc1N. The molecule has 0 aliphatic rings. The minimum Gasteiger partial charge on any atom is -0.494 e. The van der Waals surface area contributed by atoms with E-state index in [2.05, 4.69) is 0 Å². The van der Waals surface area contributed by atoms with E-state index in [0.717, 1.165) is 0 Å². The van der Waals surface area contributed by atoms with Crippen LogP contribution in [0.4, 0.5) is 17.1 Å². The molecule has 0 spiro atoms. The van der Waals surface area contributed by atoms with Crippen molar-refractivity contribution in [1.29, 1.82) is 0 Å². The third-order valence-electron chi connectivity index (χ3n) is 5.18. The van der Waals surface area contributed by atoms with Gasteiger partial charge in [0.25, 0.3) is 0 Å². The van der Waals surface area contributed by atoms with Gasteiger partial charge in [-0.1, -0.05) is 0 Å². The van der Waals surface area contributed by atoms with E-state index in [0.29, 0.717) is 68.8 Å². The van der Waals surface area contributed by atoms with E-state index in [9.17, 15) is 0 Å². The summed E-state index contributed by atoms with van der Waals surface area (Å²) < 4.78 is 34.1. The van der Waals surface area contributed by atoms with Crippen LogP contribution in [0.5, 0.6) is 51.7 Å². The fourth-order valence-corrected chi connectivity index (χ4v) is 3.40. The van der Waals surface area contributed by atoms with Crippen molar-refractivity contribution >= 4 is 17.1 Å². The van der Waals surface area contributed by atoms with E-state index in [1.807, 2.05) is 0 Å². The summed E-state index contributed by atoms with van der Waals surface area (Å²) in [6.45, 7) is 0. The summed E-state index contributed by atoms with van der Waals surface area (Å²) in [5.74, 6) is 4.43. The van der Waals surface area contributed by atoms with Crippen molar-refractivity contribution in [2.24, 2.45) is 0 Å². The second-order valence-electron chi connectivity index (χ2n) is 7.66. The lowest BCUT2D eigenvalue weighted by Crippen LogP contribution is -1.95. The van der Waals surface area contributed by atoms with Crippen molar-refractivity contribution < 1.29 is 28.4 Å². The Morgan fingerprint density at radius 1 is 0.389 bits per heavy atom. The Morgan fingerprint density at radius 3 is 0.917 bits per heavy atom. The Morgan fingerprint density at radius 2 is 0.667 bits per heavy atom. The number of benzene rings is 4. The molecule has 0 heterocycles. The van der Waals surface area contributed by atoms with Crippen molar-refractivity contribution in [3.8, 4) is 51.7 Å². The standard InChI is InChI=1S/C27H27N3O6/c1-31-25-13-16(4-7-22(25)28)34-19-10-20(35-17-5-8-23(29)26(14-17)32-2)12-21(11-19)36-18-6-9-24(30)27(15-18)33-3/h4-15H,28-30H2,1-3H3. The molecule has 0 bridgehead atoms. The molecule has 0 saturated heterocycles. The number of nitrogen functional groups attached to an aromatic ring is 3. The first-order valence-electron chi connectivity index (χ1n) is 10.9. The van der Waals surface area contributed by atoms with Crippen LogP contribution in [0, 0.1) is 0 Å². The molecule has 0 aliphatic heterocycles. The summed E-state index contributed by atoms with van der Waals surface area (Å²) in [7, 11) is 4.62. The zero-order valence-electron chi connectivity index (χ0n) is 20.1. The molecule has 4 aromatic rings. The van der Waals surface area contributed by atoms with E-state index in [-0.39, 0.29) is 0 Å². The molecule has 6 N–H and O–H groups in total. The zero-order chi connectivity index (χ0) is 25.7. The predicted molar refractivity (Wildman–Crippen MR) is 139 cm³/mol. The Kier molecular flexibility index (Phi) is 7.10. The molecule has 4 rings (SSSR count). The molecule has 9 heteroatoms. The van der Waals surface area contributed by atoms with Crippen LogP contribution < -0.4 is 45.6 Å². The fraction of sp³-hybridized carbons (Fsp3) is 0.111. The van der Waals surface area contributed by atoms with Crippen LogP contribution in [0.25, 0.3) is 0 Å². The quantitative estimate of drug-likeness (QED) is 0.248. The number of rotatable bonds is 9. The lowest BCUT2D eigenvalue weighted by molar-refractivity contribution is 0.406. The molecule has 0 fully saturated rings. The van der Waals surface area contributed by atoms with E-state index in [1.165, 1.54) is 21.3 Å². The summed E-state index contributed by atoms with van der Waals surface area (Å²) in [5.41, 5.74) is 19.3. The largest absolute Gasteiger partial charge is 0.494 e. The minimum atomic E-state index is 0.458. The predicted octanol–water partition coefficient (Wildman–Crippen LogP) is 5.84. The van der Waals surface area contributed by atoms with Gasteiger partial charge >= 0.3 is 0 Å². The second kappa shape index (κ2) is 10.6. The van der Waals surface area contributed by atoms with Gasteiger partial charge in [0.1, 0.15) is 51.7 Å². The van der Waals surface area contributed by atoms with Gasteiger partial charge in [0, 0.05) is 36.4 Å². The molecule has 0 radical (unpaired) electrons. The smallest absolute Gasteiger partial charge is 0.145 e. The normalized spacial score (nSPS) is 10.4. The van der Waals surface area contributed by atoms with Gasteiger partial charge in [-0.2, -0.15) is 0 Å². The minimum absolute atomic E-state index is 0.458. The van der Waals surface area contributed by atoms with Crippen LogP contribution in [-0.2, 0) is 0 Å². The molecule has 0 saturated carbocycles. The molecular weight excluding hydrogens is 462 g/mol. The lowest BCUT2D eigenvalue weighted by atomic mass is 10.2. The zero-order valence-corrected chi connectivity index (χ0v) is 20.1. The van der Waals surface area contributed by atoms with Gasteiger partial charge in [-0.15, -0.1) is 0 Å². The summed E-state index contributed by atoms with van der Waals surface area (Å²) in [4.78, 5) is 0. The van der Waals surface area contributed by atoms with E-state index < -0.39 is 0 Å². The lowest BCUT2D eigenvalue weighted by Gasteiger charge is -2.15. The third kappa shape index (κ3) is 5.58. The number of anilines is 3. The highest BCUT2D eigenvalue weighted by Gasteiger charge is 2.11. The number of hydrogen-bond acceptors (Lipinski definition) is 9. The van der Waals surface area contributed by atoms with Gasteiger partial charge < -0.3 is 45.6 Å². The van der Waals surface area contributed by atoms with Gasteiger partial charge in [-0.3, -0.25) is 0 Å². The van der Waals surface area contributed by atoms with Crippen LogP contribution in [0.15, 0.2) is 72.8 Å². The number of ether oxygens (including phenoxy) is 6.